The molecule has 2 nitrogen and oxygen atoms in total. The summed E-state index contributed by atoms with van der Waals surface area (Å²) in [7, 11) is 2.14. The molecule has 3 heteroatoms. The van der Waals surface area contributed by atoms with Crippen LogP contribution in [0.15, 0.2) is 18.2 Å². The molecule has 20 heavy (non-hydrogen) atoms. The number of piperidine rings is 1. The average molecular weight is 279 g/mol. The van der Waals surface area contributed by atoms with E-state index >= 15 is 0 Å². The van der Waals surface area contributed by atoms with Gasteiger partial charge < -0.3 is 9.64 Å². The number of halogens is 1. The summed E-state index contributed by atoms with van der Waals surface area (Å²) in [4.78, 5) is 2.32. The van der Waals surface area contributed by atoms with Gasteiger partial charge in [-0.2, -0.15) is 0 Å². The summed E-state index contributed by atoms with van der Waals surface area (Å²) in [6, 6.07) is 4.93. The first-order valence-electron chi connectivity index (χ1n) is 7.62. The second-order valence-electron chi connectivity index (χ2n) is 6.34. The first kappa shape index (κ1) is 15.3. The fraction of sp³-hybridized carbons (Fsp3) is 0.647. The van der Waals surface area contributed by atoms with Gasteiger partial charge in [-0.1, -0.05) is 20.8 Å². The van der Waals surface area contributed by atoms with Gasteiger partial charge in [-0.15, -0.1) is 0 Å². The molecule has 0 N–H and O–H groups in total. The number of benzene rings is 1. The van der Waals surface area contributed by atoms with Crippen LogP contribution in [0.4, 0.5) is 4.39 Å². The maximum atomic E-state index is 13.5. The second kappa shape index (κ2) is 6.57. The summed E-state index contributed by atoms with van der Waals surface area (Å²) in [5.74, 6) is 1.45. The summed E-state index contributed by atoms with van der Waals surface area (Å²) in [5.41, 5.74) is 0.999. The Balaban J connectivity index is 2.14. The SMILES string of the molecule is CC(C)[C@@H](C)c1cc(F)ccc1OC1CCN(C)CC1. The van der Waals surface area contributed by atoms with Crippen LogP contribution in [-0.2, 0) is 0 Å². The lowest BCUT2D eigenvalue weighted by Crippen LogP contribution is -2.35. The first-order chi connectivity index (χ1) is 9.47. The normalized spacial score (nSPS) is 19.3. The number of hydrogen-bond donors (Lipinski definition) is 0. The quantitative estimate of drug-likeness (QED) is 0.824. The van der Waals surface area contributed by atoms with E-state index < -0.39 is 0 Å². The van der Waals surface area contributed by atoms with Gasteiger partial charge in [0.2, 0.25) is 0 Å². The fourth-order valence-electron chi connectivity index (χ4n) is 2.62. The molecule has 0 radical (unpaired) electrons. The third kappa shape index (κ3) is 3.72. The maximum absolute atomic E-state index is 13.5. The Morgan fingerprint density at radius 3 is 2.45 bits per heavy atom. The molecule has 0 spiro atoms. The molecule has 0 saturated carbocycles. The molecule has 1 atom stereocenters. The third-order valence-corrected chi connectivity index (χ3v) is 4.42. The summed E-state index contributed by atoms with van der Waals surface area (Å²) in [6.07, 6.45) is 2.35. The molecule has 0 amide bonds. The van der Waals surface area contributed by atoms with Crippen molar-refractivity contribution in [2.24, 2.45) is 5.92 Å². The molecule has 1 aliphatic heterocycles. The van der Waals surface area contributed by atoms with E-state index in [2.05, 4.69) is 32.7 Å². The van der Waals surface area contributed by atoms with Gasteiger partial charge in [-0.3, -0.25) is 0 Å². The van der Waals surface area contributed by atoms with Gasteiger partial charge in [-0.05, 0) is 49.9 Å². The largest absolute Gasteiger partial charge is 0.490 e. The van der Waals surface area contributed by atoms with E-state index in [4.69, 9.17) is 4.74 Å². The highest BCUT2D eigenvalue weighted by Crippen LogP contribution is 2.33. The second-order valence-corrected chi connectivity index (χ2v) is 6.34. The third-order valence-electron chi connectivity index (χ3n) is 4.42. The van der Waals surface area contributed by atoms with Gasteiger partial charge >= 0.3 is 0 Å². The van der Waals surface area contributed by atoms with Gasteiger partial charge in [0.1, 0.15) is 17.7 Å². The van der Waals surface area contributed by atoms with Crippen LogP contribution in [0.1, 0.15) is 45.1 Å². The highest BCUT2D eigenvalue weighted by atomic mass is 19.1. The molecule has 0 unspecified atom stereocenters. The minimum Gasteiger partial charge on any atom is -0.490 e. The molecule has 1 saturated heterocycles. The van der Waals surface area contributed by atoms with E-state index in [1.807, 2.05) is 0 Å². The van der Waals surface area contributed by atoms with E-state index in [0.29, 0.717) is 11.8 Å². The van der Waals surface area contributed by atoms with Crippen molar-refractivity contribution in [3.8, 4) is 5.75 Å². The van der Waals surface area contributed by atoms with Crippen LogP contribution in [0, 0.1) is 11.7 Å². The molecule has 0 bridgehead atoms. The molecule has 1 heterocycles. The van der Waals surface area contributed by atoms with Gasteiger partial charge in [0.25, 0.3) is 0 Å². The van der Waals surface area contributed by atoms with Gasteiger partial charge in [0.15, 0.2) is 0 Å². The molecule has 1 aromatic carbocycles. The average Bonchev–Trinajstić information content (AvgIpc) is 2.42. The van der Waals surface area contributed by atoms with Crippen molar-refractivity contribution in [1.82, 2.24) is 4.90 Å². The van der Waals surface area contributed by atoms with Gasteiger partial charge in [0, 0.05) is 18.7 Å². The highest BCUT2D eigenvalue weighted by Gasteiger charge is 2.21. The topological polar surface area (TPSA) is 12.5 Å². The first-order valence-corrected chi connectivity index (χ1v) is 7.62. The number of ether oxygens (including phenoxy) is 1. The van der Waals surface area contributed by atoms with Crippen molar-refractivity contribution >= 4 is 0 Å². The van der Waals surface area contributed by atoms with Crippen molar-refractivity contribution in [2.75, 3.05) is 20.1 Å². The van der Waals surface area contributed by atoms with Gasteiger partial charge in [0.05, 0.1) is 0 Å². The Morgan fingerprint density at radius 2 is 1.85 bits per heavy atom. The lowest BCUT2D eigenvalue weighted by Gasteiger charge is -2.30. The Hall–Kier alpha value is -1.09. The predicted octanol–water partition coefficient (Wildman–Crippen LogP) is 4.06. The van der Waals surface area contributed by atoms with E-state index in [0.717, 1.165) is 37.2 Å². The zero-order valence-electron chi connectivity index (χ0n) is 13.0. The van der Waals surface area contributed by atoms with E-state index in [9.17, 15) is 4.39 Å². The van der Waals surface area contributed by atoms with Gasteiger partial charge in [-0.25, -0.2) is 4.39 Å². The lowest BCUT2D eigenvalue weighted by molar-refractivity contribution is 0.112. The Morgan fingerprint density at radius 1 is 1.20 bits per heavy atom. The summed E-state index contributed by atoms with van der Waals surface area (Å²) in [5, 5.41) is 0. The number of hydrogen-bond acceptors (Lipinski definition) is 2. The molecule has 1 aromatic rings. The Kier molecular flexibility index (Phi) is 5.03. The Labute approximate surface area is 121 Å². The van der Waals surface area contributed by atoms with Crippen molar-refractivity contribution < 1.29 is 9.13 Å². The fourth-order valence-corrected chi connectivity index (χ4v) is 2.62. The molecule has 0 aliphatic carbocycles. The molecular weight excluding hydrogens is 253 g/mol. The molecule has 2 rings (SSSR count). The molecular formula is C17H26FNO. The zero-order chi connectivity index (χ0) is 14.7. The van der Waals surface area contributed by atoms with Crippen molar-refractivity contribution in [1.29, 1.82) is 0 Å². The van der Waals surface area contributed by atoms with E-state index in [-0.39, 0.29) is 11.9 Å². The zero-order valence-corrected chi connectivity index (χ0v) is 13.0. The van der Waals surface area contributed by atoms with Crippen molar-refractivity contribution in [3.05, 3.63) is 29.6 Å². The van der Waals surface area contributed by atoms with Crippen molar-refractivity contribution in [2.45, 2.75) is 45.6 Å². The lowest BCUT2D eigenvalue weighted by atomic mass is 9.89. The van der Waals surface area contributed by atoms with Crippen molar-refractivity contribution in [3.63, 3.8) is 0 Å². The summed E-state index contributed by atoms with van der Waals surface area (Å²) < 4.78 is 19.7. The van der Waals surface area contributed by atoms with E-state index in [1.165, 1.54) is 6.07 Å². The predicted molar refractivity (Wildman–Crippen MR) is 80.8 cm³/mol. The van der Waals surface area contributed by atoms with Crippen LogP contribution < -0.4 is 4.74 Å². The molecule has 1 aliphatic rings. The molecule has 1 fully saturated rings. The minimum absolute atomic E-state index is 0.178. The van der Waals surface area contributed by atoms with Crippen LogP contribution in [0.3, 0.4) is 0 Å². The minimum atomic E-state index is -0.178. The summed E-state index contributed by atoms with van der Waals surface area (Å²) in [6.45, 7) is 8.60. The van der Waals surface area contributed by atoms with Crippen LogP contribution in [0.25, 0.3) is 0 Å². The van der Waals surface area contributed by atoms with Crippen LogP contribution in [-0.4, -0.2) is 31.1 Å². The number of likely N-dealkylation sites (tertiary alicyclic amines) is 1. The number of rotatable bonds is 4. The van der Waals surface area contributed by atoms with Crippen LogP contribution in [0.2, 0.25) is 0 Å². The van der Waals surface area contributed by atoms with E-state index in [1.54, 1.807) is 12.1 Å². The number of nitrogens with zero attached hydrogens (tertiary/aromatic N) is 1. The monoisotopic (exact) mass is 279 g/mol. The standard InChI is InChI=1S/C17H26FNO/c1-12(2)13(3)16-11-14(18)5-6-17(16)20-15-7-9-19(4)10-8-15/h5-6,11-13,15H,7-10H2,1-4H3/t13-/m1/s1. The van der Waals surface area contributed by atoms with Crippen LogP contribution >= 0.6 is 0 Å². The summed E-state index contributed by atoms with van der Waals surface area (Å²) >= 11 is 0. The Bertz CT molecular complexity index is 439. The highest BCUT2D eigenvalue weighted by molar-refractivity contribution is 5.37. The van der Waals surface area contributed by atoms with Crippen LogP contribution in [0.5, 0.6) is 5.75 Å². The molecule has 0 aromatic heterocycles. The maximum Gasteiger partial charge on any atom is 0.123 e. The smallest absolute Gasteiger partial charge is 0.123 e. The molecule has 112 valence electrons.